The fourth-order valence-corrected chi connectivity index (χ4v) is 14.1. The molecule has 3 aliphatic rings. The van der Waals surface area contributed by atoms with Gasteiger partial charge in [-0.3, -0.25) is 0 Å². The van der Waals surface area contributed by atoms with Gasteiger partial charge in [0.1, 0.15) is 0 Å². The van der Waals surface area contributed by atoms with Gasteiger partial charge < -0.3 is 23.3 Å². The lowest BCUT2D eigenvalue weighted by Crippen LogP contribution is -2.21. The van der Waals surface area contributed by atoms with Crippen molar-refractivity contribution in [3.05, 3.63) is 0 Å². The summed E-state index contributed by atoms with van der Waals surface area (Å²) in [6.45, 7) is 4.56. The summed E-state index contributed by atoms with van der Waals surface area (Å²) in [4.78, 5) is 0. The second-order valence-electron chi connectivity index (χ2n) is 5.13. The van der Waals surface area contributed by atoms with Crippen molar-refractivity contribution >= 4 is 43.6 Å². The fraction of sp³-hybridized carbons (Fsp3) is 1.00. The molecule has 2 atom stereocenters. The second-order valence-corrected chi connectivity index (χ2v) is 14.9. The van der Waals surface area contributed by atoms with E-state index in [0.29, 0.717) is 65.9 Å². The third kappa shape index (κ3) is 6.24. The van der Waals surface area contributed by atoms with Crippen LogP contribution in [0.1, 0.15) is 0 Å². The summed E-state index contributed by atoms with van der Waals surface area (Å²) in [6, 6.07) is 0. The van der Waals surface area contributed by atoms with Crippen LogP contribution in [0.2, 0.25) is 0 Å². The maximum absolute atomic E-state index is 6.36. The van der Waals surface area contributed by atoms with Crippen molar-refractivity contribution in [2.75, 3.05) is 65.9 Å². The van der Waals surface area contributed by atoms with E-state index in [-0.39, 0.29) is 0 Å². The van der Waals surface area contributed by atoms with E-state index in [2.05, 4.69) is 19.2 Å². The van der Waals surface area contributed by atoms with Gasteiger partial charge in [0.05, 0.1) is 52.9 Å². The Hall–Kier alpha value is 0.990. The summed E-state index contributed by atoms with van der Waals surface area (Å²) >= 11 is 12.7. The van der Waals surface area contributed by atoms with Gasteiger partial charge in [0.2, 0.25) is 0 Å². The van der Waals surface area contributed by atoms with Crippen LogP contribution in [-0.4, -0.2) is 65.9 Å². The third-order valence-electron chi connectivity index (χ3n) is 3.20. The van der Waals surface area contributed by atoms with Gasteiger partial charge in [0, 0.05) is 13.1 Å². The van der Waals surface area contributed by atoms with Crippen LogP contribution in [0.25, 0.3) is 0 Å². The predicted molar refractivity (Wildman–Crippen MR) is 100 cm³/mol. The molecule has 15 heteroatoms. The molecule has 0 saturated heterocycles. The monoisotopic (exact) mass is 455 g/mol. The van der Waals surface area contributed by atoms with Gasteiger partial charge in [0.25, 0.3) is 21.1 Å². The molecule has 2 N–H and O–H groups in total. The maximum atomic E-state index is 6.36. The number of nitrogens with zero attached hydrogens (tertiary/aromatic N) is 3. The molecule has 0 fully saturated rings. The molecule has 2 unspecified atom stereocenters. The number of halogens is 2. The highest BCUT2D eigenvalue weighted by atomic mass is 35.9. The van der Waals surface area contributed by atoms with E-state index < -0.39 is 21.1 Å². The van der Waals surface area contributed by atoms with E-state index in [4.69, 9.17) is 50.3 Å². The molecule has 146 valence electrons. The largest absolute Gasteiger partial charge is 0.377 e. The average Bonchev–Trinajstić information content (AvgIpc) is 2.67. The standard InChI is InChI=1S/C10H22Cl2N5O5P3/c11-23(12)15-24-13-1-2-14-25(16-23,17-24)22-10-8-20-6-4-18-3-5-19-7-9-21-24/h13-14H,1-10H2. The Morgan fingerprint density at radius 3 is 1.56 bits per heavy atom. The molecule has 2 bridgehead atoms. The molecule has 10 nitrogen and oxygen atoms in total. The van der Waals surface area contributed by atoms with Gasteiger partial charge in [-0.15, -0.1) is 0 Å². The molecule has 0 aromatic carbocycles. The van der Waals surface area contributed by atoms with Gasteiger partial charge in [-0.05, 0) is 22.5 Å². The molecule has 0 aromatic heterocycles. The van der Waals surface area contributed by atoms with Crippen LogP contribution in [0, 0.1) is 0 Å². The summed E-state index contributed by atoms with van der Waals surface area (Å²) in [7, 11) is -5.52. The maximum Gasteiger partial charge on any atom is 0.280 e. The van der Waals surface area contributed by atoms with Gasteiger partial charge in [0.15, 0.2) is 0 Å². The molecule has 3 aliphatic heterocycles. The Bertz CT molecular complexity index is 611. The molecule has 0 aromatic rings. The Morgan fingerprint density at radius 1 is 0.600 bits per heavy atom. The van der Waals surface area contributed by atoms with Crippen molar-refractivity contribution in [1.82, 2.24) is 10.2 Å². The highest BCUT2D eigenvalue weighted by Crippen LogP contribution is 2.81. The second kappa shape index (κ2) is 9.46. The summed E-state index contributed by atoms with van der Waals surface area (Å²) in [5, 5.41) is 6.48. The first-order chi connectivity index (χ1) is 12.0. The number of ether oxygens (including phenoxy) is 3. The minimum absolute atomic E-state index is 0.310. The average molecular weight is 456 g/mol. The topological polar surface area (TPSA) is 107 Å². The molecule has 3 heterocycles. The molecule has 0 saturated carbocycles. The van der Waals surface area contributed by atoms with Crippen molar-refractivity contribution < 1.29 is 23.3 Å². The summed E-state index contributed by atoms with van der Waals surface area (Å²) in [5.41, 5.74) is 0. The molecule has 25 heavy (non-hydrogen) atoms. The Morgan fingerprint density at radius 2 is 1.04 bits per heavy atom. The Labute approximate surface area is 156 Å². The van der Waals surface area contributed by atoms with Crippen LogP contribution in [-0.2, 0) is 23.3 Å². The van der Waals surface area contributed by atoms with E-state index in [0.717, 1.165) is 0 Å². The first kappa shape index (κ1) is 20.7. The zero-order chi connectivity index (χ0) is 17.6. The molecule has 3 rings (SSSR count). The van der Waals surface area contributed by atoms with Crippen molar-refractivity contribution in [3.63, 3.8) is 0 Å². The van der Waals surface area contributed by atoms with Crippen LogP contribution in [0.5, 0.6) is 0 Å². The zero-order valence-electron chi connectivity index (χ0n) is 13.6. The van der Waals surface area contributed by atoms with E-state index in [1.165, 1.54) is 0 Å². The van der Waals surface area contributed by atoms with Gasteiger partial charge in [-0.2, -0.15) is 13.5 Å². The van der Waals surface area contributed by atoms with E-state index in [1.54, 1.807) is 0 Å². The van der Waals surface area contributed by atoms with Crippen molar-refractivity contribution in [2.24, 2.45) is 13.5 Å². The Balaban J connectivity index is 1.85. The molecular weight excluding hydrogens is 434 g/mol. The molecule has 0 amide bonds. The lowest BCUT2D eigenvalue weighted by molar-refractivity contribution is 0.00539. The van der Waals surface area contributed by atoms with E-state index in [1.807, 2.05) is 0 Å². The third-order valence-corrected chi connectivity index (χ3v) is 13.6. The Kier molecular flexibility index (Phi) is 7.84. The van der Waals surface area contributed by atoms with E-state index >= 15 is 0 Å². The summed E-state index contributed by atoms with van der Waals surface area (Å²) < 4.78 is 41.9. The van der Waals surface area contributed by atoms with Crippen LogP contribution < -0.4 is 10.2 Å². The highest BCUT2D eigenvalue weighted by molar-refractivity contribution is 8.13. The lowest BCUT2D eigenvalue weighted by atomic mass is 10.7. The summed E-state index contributed by atoms with van der Waals surface area (Å²) in [5.74, 6) is -2.96. The van der Waals surface area contributed by atoms with Crippen LogP contribution in [0.3, 0.4) is 0 Å². The minimum atomic E-state index is -2.96. The first-order valence-electron chi connectivity index (χ1n) is 7.87. The number of rotatable bonds is 0. The van der Waals surface area contributed by atoms with Gasteiger partial charge in [-0.25, -0.2) is 10.2 Å². The number of hydrogen-bond donors (Lipinski definition) is 2. The van der Waals surface area contributed by atoms with Crippen molar-refractivity contribution in [3.8, 4) is 0 Å². The normalized spacial score (nSPS) is 37.7. The van der Waals surface area contributed by atoms with Crippen molar-refractivity contribution in [2.45, 2.75) is 0 Å². The van der Waals surface area contributed by atoms with Crippen molar-refractivity contribution in [1.29, 1.82) is 0 Å². The lowest BCUT2D eigenvalue weighted by Gasteiger charge is -2.29. The molecule has 0 radical (unpaired) electrons. The summed E-state index contributed by atoms with van der Waals surface area (Å²) in [6.07, 6.45) is 0. The van der Waals surface area contributed by atoms with E-state index in [9.17, 15) is 0 Å². The predicted octanol–water partition coefficient (Wildman–Crippen LogP) is 3.61. The zero-order valence-corrected chi connectivity index (χ0v) is 17.7. The fourth-order valence-electron chi connectivity index (χ4n) is 2.22. The smallest absolute Gasteiger partial charge is 0.280 e. The number of hydrogen-bond acceptors (Lipinski definition) is 10. The number of nitrogens with one attached hydrogen (secondary N) is 2. The quantitative estimate of drug-likeness (QED) is 0.537. The van der Waals surface area contributed by atoms with Gasteiger partial charge in [-0.1, -0.05) is 0 Å². The van der Waals surface area contributed by atoms with Crippen LogP contribution >= 0.6 is 43.6 Å². The van der Waals surface area contributed by atoms with Gasteiger partial charge >= 0.3 is 0 Å². The minimum Gasteiger partial charge on any atom is -0.377 e. The SMILES string of the molecule is ClP1(Cl)=NP23=NP(=N1)(NCCN2)OCCOCCOCCOCCO3. The first-order valence-corrected chi connectivity index (χ1v) is 14.6. The van der Waals surface area contributed by atoms with Crippen LogP contribution in [0.15, 0.2) is 13.5 Å². The molecular formula is C10H22Cl2N5O5P3. The molecule has 0 spiro atoms. The molecule has 0 aliphatic carbocycles. The highest BCUT2D eigenvalue weighted by Gasteiger charge is 2.39. The van der Waals surface area contributed by atoms with Crippen LogP contribution in [0.4, 0.5) is 0 Å².